The van der Waals surface area contributed by atoms with Gasteiger partial charge >= 0.3 is 0 Å². The van der Waals surface area contributed by atoms with Crippen molar-refractivity contribution in [2.45, 2.75) is 51.4 Å². The Balaban J connectivity index is 1.06. The fourth-order valence-corrected chi connectivity index (χ4v) is 9.37. The largest absolute Gasteiger partial charge is 0.311 e. The molecular formula is C56H47N. The summed E-state index contributed by atoms with van der Waals surface area (Å²) in [7, 11) is 0. The summed E-state index contributed by atoms with van der Waals surface area (Å²) in [6.45, 7) is 9.61. The van der Waals surface area contributed by atoms with Crippen LogP contribution in [-0.2, 0) is 10.8 Å². The summed E-state index contributed by atoms with van der Waals surface area (Å²) in [5, 5.41) is 7.63. The maximum atomic E-state index is 2.46. The van der Waals surface area contributed by atoms with Crippen LogP contribution >= 0.6 is 0 Å². The van der Waals surface area contributed by atoms with Gasteiger partial charge in [-0.15, -0.1) is 0 Å². The first-order valence-corrected chi connectivity index (χ1v) is 20.4. The van der Waals surface area contributed by atoms with Crippen molar-refractivity contribution in [2.75, 3.05) is 4.90 Å². The standard InChI is InChI=1S/C56H47N/c1-55(2)34-35-56(3,4)54-37-42(26-33-53(54)55)38-20-27-44(28-21-38)57(45-29-22-40(23-30-45)48-19-11-14-39-12-5-7-15-47(39)48)46-31-24-41(25-32-46)52-36-43-13-6-8-16-49(43)50-17-9-10-18-51(50)52/h5-33,36-37H,34-35H2,1-4H3. The minimum absolute atomic E-state index is 0.168. The average Bonchev–Trinajstić information content (AvgIpc) is 3.26. The highest BCUT2D eigenvalue weighted by atomic mass is 15.1. The van der Waals surface area contributed by atoms with E-state index in [9.17, 15) is 0 Å². The molecule has 0 spiro atoms. The van der Waals surface area contributed by atoms with Gasteiger partial charge in [-0.3, -0.25) is 0 Å². The first-order chi connectivity index (χ1) is 27.7. The van der Waals surface area contributed by atoms with Gasteiger partial charge in [-0.25, -0.2) is 0 Å². The highest BCUT2D eigenvalue weighted by Gasteiger charge is 2.37. The zero-order valence-corrected chi connectivity index (χ0v) is 33.3. The number of fused-ring (bicyclic) bond motifs is 5. The predicted molar refractivity (Wildman–Crippen MR) is 245 cm³/mol. The highest BCUT2D eigenvalue weighted by Crippen LogP contribution is 2.47. The second kappa shape index (κ2) is 13.6. The number of benzene rings is 9. The van der Waals surface area contributed by atoms with E-state index in [1.165, 1.54) is 89.7 Å². The van der Waals surface area contributed by atoms with E-state index in [4.69, 9.17) is 0 Å². The second-order valence-electron chi connectivity index (χ2n) is 17.2. The normalized spacial score (nSPS) is 14.5. The summed E-state index contributed by atoms with van der Waals surface area (Å²) in [5.41, 5.74) is 14.2. The molecule has 1 aliphatic rings. The van der Waals surface area contributed by atoms with Crippen molar-refractivity contribution < 1.29 is 0 Å². The van der Waals surface area contributed by atoms with E-state index in [1.807, 2.05) is 0 Å². The van der Waals surface area contributed by atoms with Crippen molar-refractivity contribution in [1.29, 1.82) is 0 Å². The summed E-state index contributed by atoms with van der Waals surface area (Å²) >= 11 is 0. The zero-order chi connectivity index (χ0) is 38.7. The molecule has 0 bridgehead atoms. The van der Waals surface area contributed by atoms with Gasteiger partial charge in [0.1, 0.15) is 0 Å². The smallest absolute Gasteiger partial charge is 0.0462 e. The fourth-order valence-electron chi connectivity index (χ4n) is 9.37. The maximum Gasteiger partial charge on any atom is 0.0462 e. The lowest BCUT2D eigenvalue weighted by Gasteiger charge is -2.42. The first-order valence-electron chi connectivity index (χ1n) is 20.4. The molecule has 0 heterocycles. The number of hydrogen-bond acceptors (Lipinski definition) is 1. The molecular weight excluding hydrogens is 687 g/mol. The average molecular weight is 734 g/mol. The molecule has 0 saturated heterocycles. The first kappa shape index (κ1) is 35.0. The summed E-state index contributed by atoms with van der Waals surface area (Å²) in [6.07, 6.45) is 2.43. The summed E-state index contributed by atoms with van der Waals surface area (Å²) < 4.78 is 0. The Kier molecular flexibility index (Phi) is 8.38. The van der Waals surface area contributed by atoms with Crippen LogP contribution in [0.1, 0.15) is 51.7 Å². The minimum Gasteiger partial charge on any atom is -0.311 e. The lowest BCUT2D eigenvalue weighted by atomic mass is 9.63. The maximum absolute atomic E-state index is 2.46. The van der Waals surface area contributed by atoms with E-state index < -0.39 is 0 Å². The number of anilines is 3. The van der Waals surface area contributed by atoms with Crippen LogP contribution < -0.4 is 4.90 Å². The van der Waals surface area contributed by atoms with E-state index >= 15 is 0 Å². The lowest BCUT2D eigenvalue weighted by molar-refractivity contribution is 0.332. The summed E-state index contributed by atoms with van der Waals surface area (Å²) in [5.74, 6) is 0. The van der Waals surface area contributed by atoms with Crippen LogP contribution in [0.5, 0.6) is 0 Å². The molecule has 0 saturated carbocycles. The molecule has 9 aromatic rings. The Hall–Kier alpha value is -6.44. The van der Waals surface area contributed by atoms with Gasteiger partial charge in [-0.1, -0.05) is 173 Å². The van der Waals surface area contributed by atoms with Gasteiger partial charge < -0.3 is 4.90 Å². The SMILES string of the molecule is CC1(C)CCC(C)(C)c2cc(-c3ccc(N(c4ccc(-c5cccc6ccccc56)cc4)c4ccc(-c5cc6ccccc6c6ccccc56)cc4)cc3)ccc21. The molecule has 1 heteroatoms. The quantitative estimate of drug-likeness (QED) is 0.154. The molecule has 0 amide bonds. The van der Waals surface area contributed by atoms with Gasteiger partial charge in [-0.05, 0) is 143 Å². The Labute approximate surface area is 336 Å². The van der Waals surface area contributed by atoms with Crippen LogP contribution in [0.25, 0.3) is 65.7 Å². The predicted octanol–water partition coefficient (Wildman–Crippen LogP) is 16.0. The number of hydrogen-bond donors (Lipinski definition) is 0. The second-order valence-corrected chi connectivity index (χ2v) is 17.2. The Morgan fingerprint density at radius 3 is 1.46 bits per heavy atom. The summed E-state index contributed by atoms with van der Waals surface area (Å²) in [6, 6.07) is 69.6. The van der Waals surface area contributed by atoms with E-state index in [2.05, 4.69) is 221 Å². The molecule has 276 valence electrons. The minimum atomic E-state index is 0.168. The van der Waals surface area contributed by atoms with Crippen LogP contribution in [0.3, 0.4) is 0 Å². The van der Waals surface area contributed by atoms with Gasteiger partial charge in [0.05, 0.1) is 0 Å². The van der Waals surface area contributed by atoms with Crippen LogP contribution in [0.2, 0.25) is 0 Å². The molecule has 0 atom stereocenters. The van der Waals surface area contributed by atoms with Gasteiger partial charge in [0.2, 0.25) is 0 Å². The molecule has 10 rings (SSSR count). The number of nitrogens with zero attached hydrogens (tertiary/aromatic N) is 1. The third-order valence-electron chi connectivity index (χ3n) is 12.7. The molecule has 0 fully saturated rings. The van der Waals surface area contributed by atoms with Gasteiger partial charge in [0, 0.05) is 17.1 Å². The molecule has 0 N–H and O–H groups in total. The van der Waals surface area contributed by atoms with Crippen LogP contribution in [0.4, 0.5) is 17.1 Å². The highest BCUT2D eigenvalue weighted by molar-refractivity contribution is 6.13. The Morgan fingerprint density at radius 1 is 0.333 bits per heavy atom. The summed E-state index contributed by atoms with van der Waals surface area (Å²) in [4.78, 5) is 2.39. The molecule has 0 aliphatic heterocycles. The van der Waals surface area contributed by atoms with Crippen LogP contribution in [-0.4, -0.2) is 0 Å². The molecule has 9 aromatic carbocycles. The van der Waals surface area contributed by atoms with Gasteiger partial charge in [0.15, 0.2) is 0 Å². The van der Waals surface area contributed by atoms with E-state index in [1.54, 1.807) is 0 Å². The van der Waals surface area contributed by atoms with Crippen molar-refractivity contribution in [3.63, 3.8) is 0 Å². The molecule has 57 heavy (non-hydrogen) atoms. The van der Waals surface area contributed by atoms with Gasteiger partial charge in [-0.2, -0.15) is 0 Å². The third kappa shape index (κ3) is 6.19. The monoisotopic (exact) mass is 733 g/mol. The van der Waals surface area contributed by atoms with Crippen molar-refractivity contribution in [2.24, 2.45) is 0 Å². The molecule has 0 radical (unpaired) electrons. The van der Waals surface area contributed by atoms with E-state index in [0.29, 0.717) is 0 Å². The molecule has 0 aromatic heterocycles. The van der Waals surface area contributed by atoms with Crippen molar-refractivity contribution in [3.05, 3.63) is 199 Å². The third-order valence-corrected chi connectivity index (χ3v) is 12.7. The molecule has 1 nitrogen and oxygen atoms in total. The van der Waals surface area contributed by atoms with Gasteiger partial charge in [0.25, 0.3) is 0 Å². The van der Waals surface area contributed by atoms with Crippen LogP contribution in [0.15, 0.2) is 188 Å². The topological polar surface area (TPSA) is 3.24 Å². The van der Waals surface area contributed by atoms with Crippen molar-refractivity contribution in [1.82, 2.24) is 0 Å². The zero-order valence-electron chi connectivity index (χ0n) is 33.3. The molecule has 0 unspecified atom stereocenters. The number of rotatable bonds is 6. The van der Waals surface area contributed by atoms with Crippen molar-refractivity contribution in [3.8, 4) is 33.4 Å². The van der Waals surface area contributed by atoms with E-state index in [-0.39, 0.29) is 10.8 Å². The Morgan fingerprint density at radius 2 is 0.807 bits per heavy atom. The Bertz CT molecular complexity index is 2920. The fraction of sp³-hybridized carbons (Fsp3) is 0.143. The molecule has 1 aliphatic carbocycles. The van der Waals surface area contributed by atoms with Crippen LogP contribution in [0, 0.1) is 0 Å². The lowest BCUT2D eigenvalue weighted by Crippen LogP contribution is -2.33. The van der Waals surface area contributed by atoms with Crippen molar-refractivity contribution >= 4 is 49.4 Å². The van der Waals surface area contributed by atoms with E-state index in [0.717, 1.165) is 17.1 Å².